The van der Waals surface area contributed by atoms with Crippen LogP contribution in [0.15, 0.2) is 30.9 Å². The molecule has 0 aliphatic heterocycles. The summed E-state index contributed by atoms with van der Waals surface area (Å²) in [6.07, 6.45) is 4.47. The zero-order valence-corrected chi connectivity index (χ0v) is 9.95. The highest BCUT2D eigenvalue weighted by atomic mass is 16.4. The summed E-state index contributed by atoms with van der Waals surface area (Å²) in [6.45, 7) is 1.08. The molecule has 0 amide bonds. The van der Waals surface area contributed by atoms with Crippen molar-refractivity contribution in [3.05, 3.63) is 42.2 Å². The highest BCUT2D eigenvalue weighted by Gasteiger charge is 2.06. The van der Waals surface area contributed by atoms with Crippen LogP contribution >= 0.6 is 0 Å². The number of aromatic carboxylic acids is 1. The van der Waals surface area contributed by atoms with Crippen LogP contribution in [-0.2, 0) is 6.54 Å². The minimum Gasteiger partial charge on any atom is -0.476 e. The zero-order valence-electron chi connectivity index (χ0n) is 9.95. The predicted molar refractivity (Wildman–Crippen MR) is 66.6 cm³/mol. The van der Waals surface area contributed by atoms with Crippen LogP contribution in [-0.4, -0.2) is 32.2 Å². The van der Waals surface area contributed by atoms with Crippen molar-refractivity contribution in [2.24, 2.45) is 0 Å². The van der Waals surface area contributed by atoms with Crippen LogP contribution in [0.5, 0.6) is 0 Å². The molecule has 0 aliphatic rings. The largest absolute Gasteiger partial charge is 0.476 e. The molecule has 0 fully saturated rings. The summed E-state index contributed by atoms with van der Waals surface area (Å²) < 4.78 is 1.67. The summed E-state index contributed by atoms with van der Waals surface area (Å²) in [5.74, 6) is -1.05. The van der Waals surface area contributed by atoms with Crippen molar-refractivity contribution in [1.29, 1.82) is 5.26 Å². The van der Waals surface area contributed by atoms with E-state index in [-0.39, 0.29) is 5.69 Å². The topological polar surface area (TPSA) is 104 Å². The van der Waals surface area contributed by atoms with Crippen LogP contribution in [0.4, 0.5) is 5.69 Å². The number of carboxylic acids is 1. The van der Waals surface area contributed by atoms with Gasteiger partial charge in [-0.2, -0.15) is 5.26 Å². The second kappa shape index (κ2) is 5.64. The van der Waals surface area contributed by atoms with Crippen LogP contribution in [0.1, 0.15) is 16.2 Å². The Morgan fingerprint density at radius 2 is 2.37 bits per heavy atom. The van der Waals surface area contributed by atoms with Gasteiger partial charge in [0.15, 0.2) is 11.4 Å². The molecule has 0 aliphatic carbocycles. The molecular formula is C12H11N5O2. The van der Waals surface area contributed by atoms with Gasteiger partial charge < -0.3 is 15.0 Å². The van der Waals surface area contributed by atoms with Gasteiger partial charge in [-0.25, -0.2) is 14.8 Å². The summed E-state index contributed by atoms with van der Waals surface area (Å²) in [7, 11) is 0. The number of imidazole rings is 1. The van der Waals surface area contributed by atoms with Crippen molar-refractivity contribution in [1.82, 2.24) is 14.5 Å². The third-order valence-electron chi connectivity index (χ3n) is 2.45. The van der Waals surface area contributed by atoms with Crippen molar-refractivity contribution in [2.75, 3.05) is 11.9 Å². The van der Waals surface area contributed by atoms with Gasteiger partial charge in [0.05, 0.1) is 12.0 Å². The number of carbonyl (C=O) groups is 1. The lowest BCUT2D eigenvalue weighted by Crippen LogP contribution is -2.10. The van der Waals surface area contributed by atoms with E-state index in [1.807, 2.05) is 6.07 Å². The fourth-order valence-electron chi connectivity index (χ4n) is 1.55. The maximum absolute atomic E-state index is 10.7. The Bertz CT molecular complexity index is 629. The van der Waals surface area contributed by atoms with Gasteiger partial charge >= 0.3 is 5.97 Å². The predicted octanol–water partition coefficient (Wildman–Crippen LogP) is 0.960. The van der Waals surface area contributed by atoms with E-state index in [9.17, 15) is 4.79 Å². The first-order valence-electron chi connectivity index (χ1n) is 5.55. The van der Waals surface area contributed by atoms with Gasteiger partial charge in [-0.15, -0.1) is 0 Å². The number of carboxylic acid groups (broad SMARTS) is 1. The molecule has 2 N–H and O–H groups in total. The normalized spacial score (nSPS) is 9.84. The number of nitriles is 1. The summed E-state index contributed by atoms with van der Waals surface area (Å²) in [4.78, 5) is 18.3. The molecule has 0 spiro atoms. The zero-order chi connectivity index (χ0) is 13.7. The summed E-state index contributed by atoms with van der Waals surface area (Å²) in [5, 5.41) is 20.7. The molecule has 19 heavy (non-hydrogen) atoms. The summed E-state index contributed by atoms with van der Waals surface area (Å²) >= 11 is 0. The van der Waals surface area contributed by atoms with Crippen LogP contribution in [0.25, 0.3) is 0 Å². The van der Waals surface area contributed by atoms with Crippen molar-refractivity contribution >= 4 is 11.7 Å². The molecule has 7 nitrogen and oxygen atoms in total. The molecule has 0 radical (unpaired) electrons. The van der Waals surface area contributed by atoms with Gasteiger partial charge in [-0.3, -0.25) is 0 Å². The number of nitrogens with zero attached hydrogens (tertiary/aromatic N) is 4. The van der Waals surface area contributed by atoms with Crippen LogP contribution in [0.2, 0.25) is 0 Å². The molecule has 0 saturated carbocycles. The first kappa shape index (κ1) is 12.6. The third kappa shape index (κ3) is 3.07. The average molecular weight is 257 g/mol. The van der Waals surface area contributed by atoms with E-state index in [4.69, 9.17) is 10.4 Å². The minimum atomic E-state index is -1.05. The lowest BCUT2D eigenvalue weighted by atomic mass is 10.3. The number of hydrogen-bond donors (Lipinski definition) is 2. The van der Waals surface area contributed by atoms with E-state index in [0.29, 0.717) is 24.5 Å². The molecule has 2 aromatic heterocycles. The first-order chi connectivity index (χ1) is 9.20. The SMILES string of the molecule is N#Cc1ncccc1NCCn1cnc(C(=O)O)c1. The Morgan fingerprint density at radius 3 is 3.05 bits per heavy atom. The maximum Gasteiger partial charge on any atom is 0.356 e. The second-order valence-corrected chi connectivity index (χ2v) is 3.74. The molecular weight excluding hydrogens is 246 g/mol. The quantitative estimate of drug-likeness (QED) is 0.826. The van der Waals surface area contributed by atoms with Crippen LogP contribution in [0, 0.1) is 11.3 Å². The molecule has 0 saturated heterocycles. The van der Waals surface area contributed by atoms with E-state index in [1.165, 1.54) is 12.5 Å². The second-order valence-electron chi connectivity index (χ2n) is 3.74. The third-order valence-corrected chi connectivity index (χ3v) is 2.45. The number of aromatic nitrogens is 3. The van der Waals surface area contributed by atoms with E-state index in [2.05, 4.69) is 15.3 Å². The van der Waals surface area contributed by atoms with Gasteiger partial charge in [0.25, 0.3) is 0 Å². The number of rotatable bonds is 5. The van der Waals surface area contributed by atoms with Crippen LogP contribution in [0.3, 0.4) is 0 Å². The van der Waals surface area contributed by atoms with E-state index >= 15 is 0 Å². The number of hydrogen-bond acceptors (Lipinski definition) is 5. The number of pyridine rings is 1. The van der Waals surface area contributed by atoms with Crippen molar-refractivity contribution in [2.45, 2.75) is 6.54 Å². The molecule has 2 heterocycles. The fourth-order valence-corrected chi connectivity index (χ4v) is 1.55. The Kier molecular flexibility index (Phi) is 3.73. The molecule has 0 bridgehead atoms. The average Bonchev–Trinajstić information content (AvgIpc) is 2.88. The summed E-state index contributed by atoms with van der Waals surface area (Å²) in [5.41, 5.74) is 1.00. The van der Waals surface area contributed by atoms with Crippen molar-refractivity contribution in [3.8, 4) is 6.07 Å². The number of anilines is 1. The molecule has 0 unspecified atom stereocenters. The first-order valence-corrected chi connectivity index (χ1v) is 5.55. The fraction of sp³-hybridized carbons (Fsp3) is 0.167. The molecule has 7 heteroatoms. The van der Waals surface area contributed by atoms with E-state index < -0.39 is 5.97 Å². The standard InChI is InChI=1S/C12H11N5O2/c13-6-10-9(2-1-3-14-10)15-4-5-17-7-11(12(18)19)16-8-17/h1-3,7-8,15H,4-5H2,(H,18,19). The maximum atomic E-state index is 10.7. The minimum absolute atomic E-state index is 0.0130. The van der Waals surface area contributed by atoms with Crippen molar-refractivity contribution in [3.63, 3.8) is 0 Å². The highest BCUT2D eigenvalue weighted by Crippen LogP contribution is 2.10. The Balaban J connectivity index is 1.93. The molecule has 2 aromatic rings. The molecule has 0 aromatic carbocycles. The Labute approximate surface area is 109 Å². The smallest absolute Gasteiger partial charge is 0.356 e. The van der Waals surface area contributed by atoms with Gasteiger partial charge in [0.1, 0.15) is 6.07 Å². The van der Waals surface area contributed by atoms with E-state index in [1.54, 1.807) is 22.9 Å². The van der Waals surface area contributed by atoms with Crippen LogP contribution < -0.4 is 5.32 Å². The lowest BCUT2D eigenvalue weighted by molar-refractivity contribution is 0.0691. The van der Waals surface area contributed by atoms with Crippen molar-refractivity contribution < 1.29 is 9.90 Å². The number of nitrogens with one attached hydrogen (secondary N) is 1. The summed E-state index contributed by atoms with van der Waals surface area (Å²) in [6, 6.07) is 5.50. The van der Waals surface area contributed by atoms with Gasteiger partial charge in [0, 0.05) is 25.5 Å². The van der Waals surface area contributed by atoms with Gasteiger partial charge in [-0.1, -0.05) is 0 Å². The highest BCUT2D eigenvalue weighted by molar-refractivity contribution is 5.84. The lowest BCUT2D eigenvalue weighted by Gasteiger charge is -2.07. The molecule has 0 atom stereocenters. The molecule has 2 rings (SSSR count). The Hall–Kier alpha value is -2.88. The van der Waals surface area contributed by atoms with Gasteiger partial charge in [-0.05, 0) is 12.1 Å². The molecule has 96 valence electrons. The van der Waals surface area contributed by atoms with Gasteiger partial charge in [0.2, 0.25) is 0 Å². The Morgan fingerprint density at radius 1 is 1.53 bits per heavy atom. The van der Waals surface area contributed by atoms with E-state index in [0.717, 1.165) is 0 Å². The monoisotopic (exact) mass is 257 g/mol.